The highest BCUT2D eigenvalue weighted by atomic mass is 16.5. The molecule has 2 aromatic heterocycles. The minimum atomic E-state index is -0.729. The lowest BCUT2D eigenvalue weighted by Gasteiger charge is -2.12. The van der Waals surface area contributed by atoms with Crippen molar-refractivity contribution in [2.24, 2.45) is 0 Å². The van der Waals surface area contributed by atoms with Gasteiger partial charge in [0.15, 0.2) is 5.69 Å². The average molecular weight is 404 g/mol. The van der Waals surface area contributed by atoms with Crippen LogP contribution in [-0.2, 0) is 11.3 Å². The first-order valence-corrected chi connectivity index (χ1v) is 8.99. The number of rotatable bonds is 6. The highest BCUT2D eigenvalue weighted by Gasteiger charge is 2.28. The number of esters is 1. The quantitative estimate of drug-likeness (QED) is 0.210. The molecule has 0 saturated carbocycles. The molecule has 0 bridgehead atoms. The molecule has 0 spiro atoms. The summed E-state index contributed by atoms with van der Waals surface area (Å²) >= 11 is 0. The van der Waals surface area contributed by atoms with Gasteiger partial charge in [-0.05, 0) is 24.3 Å². The van der Waals surface area contributed by atoms with E-state index in [1.165, 1.54) is 25.5 Å². The van der Waals surface area contributed by atoms with Gasteiger partial charge in [0.25, 0.3) is 11.5 Å². The number of ether oxygens (including phenoxy) is 2. The second-order valence-electron chi connectivity index (χ2n) is 6.30. The minimum absolute atomic E-state index is 0.00598. The number of benzene rings is 2. The first-order chi connectivity index (χ1) is 14.6. The standard InChI is InChI=1S/C22H16N2O6/c1-28-15-9-10-16-18(12-15)24(27)20(21(25)14-6-3-2-4-7-14)17(23-16)13-30-22(26)19-8-5-11-29-19/h2-12H,13H2,1H3. The largest absolute Gasteiger partial charge is 0.618 e. The Labute approximate surface area is 170 Å². The van der Waals surface area contributed by atoms with Crippen LogP contribution in [0.15, 0.2) is 71.3 Å². The summed E-state index contributed by atoms with van der Waals surface area (Å²) in [7, 11) is 1.47. The van der Waals surface area contributed by atoms with E-state index in [4.69, 9.17) is 13.9 Å². The van der Waals surface area contributed by atoms with Crippen LogP contribution in [0.1, 0.15) is 32.3 Å². The molecule has 0 unspecified atom stereocenters. The van der Waals surface area contributed by atoms with Gasteiger partial charge in [0, 0.05) is 5.56 Å². The van der Waals surface area contributed by atoms with E-state index in [2.05, 4.69) is 4.98 Å². The number of carbonyl (C=O) groups is 2. The van der Waals surface area contributed by atoms with Gasteiger partial charge in [-0.2, -0.15) is 4.73 Å². The fourth-order valence-corrected chi connectivity index (χ4v) is 2.97. The van der Waals surface area contributed by atoms with Crippen molar-refractivity contribution in [1.29, 1.82) is 0 Å². The zero-order valence-electron chi connectivity index (χ0n) is 15.9. The number of furan rings is 1. The molecule has 2 heterocycles. The molecule has 0 amide bonds. The van der Waals surface area contributed by atoms with E-state index in [-0.39, 0.29) is 29.3 Å². The zero-order chi connectivity index (χ0) is 21.1. The molecule has 0 fully saturated rings. The minimum Gasteiger partial charge on any atom is -0.618 e. The molecule has 0 aliphatic rings. The third kappa shape index (κ3) is 3.58. The number of ketones is 1. The summed E-state index contributed by atoms with van der Waals surface area (Å²) in [6.07, 6.45) is 1.34. The van der Waals surface area contributed by atoms with Crippen LogP contribution >= 0.6 is 0 Å². The molecule has 0 aliphatic heterocycles. The lowest BCUT2D eigenvalue weighted by Crippen LogP contribution is -2.38. The van der Waals surface area contributed by atoms with Crippen molar-refractivity contribution in [2.45, 2.75) is 6.61 Å². The molecule has 0 aliphatic carbocycles. The predicted molar refractivity (Wildman–Crippen MR) is 105 cm³/mol. The summed E-state index contributed by atoms with van der Waals surface area (Å²) in [5, 5.41) is 13.1. The summed E-state index contributed by atoms with van der Waals surface area (Å²) in [4.78, 5) is 29.6. The van der Waals surface area contributed by atoms with E-state index in [0.29, 0.717) is 21.6 Å². The summed E-state index contributed by atoms with van der Waals surface area (Å²) in [6.45, 7) is -0.377. The normalized spacial score (nSPS) is 10.7. The van der Waals surface area contributed by atoms with Gasteiger partial charge in [-0.25, -0.2) is 9.78 Å². The number of hydrogen-bond donors (Lipinski definition) is 0. The molecule has 0 atom stereocenters. The lowest BCUT2D eigenvalue weighted by atomic mass is 10.1. The Morgan fingerprint density at radius 2 is 1.90 bits per heavy atom. The Balaban J connectivity index is 1.80. The third-order valence-electron chi connectivity index (χ3n) is 4.45. The van der Waals surface area contributed by atoms with Crippen LogP contribution in [0.25, 0.3) is 11.0 Å². The van der Waals surface area contributed by atoms with E-state index in [0.717, 1.165) is 0 Å². The first-order valence-electron chi connectivity index (χ1n) is 8.99. The third-order valence-corrected chi connectivity index (χ3v) is 4.45. The van der Waals surface area contributed by atoms with Gasteiger partial charge < -0.3 is 19.1 Å². The zero-order valence-corrected chi connectivity index (χ0v) is 15.9. The number of nitrogens with zero attached hydrogens (tertiary/aromatic N) is 2. The van der Waals surface area contributed by atoms with Crippen LogP contribution in [-0.4, -0.2) is 23.8 Å². The second-order valence-corrected chi connectivity index (χ2v) is 6.30. The van der Waals surface area contributed by atoms with E-state index in [9.17, 15) is 14.8 Å². The molecule has 0 N–H and O–H groups in total. The van der Waals surface area contributed by atoms with Gasteiger partial charge >= 0.3 is 5.97 Å². The molecule has 4 rings (SSSR count). The van der Waals surface area contributed by atoms with Gasteiger partial charge in [0.05, 0.1) is 19.4 Å². The van der Waals surface area contributed by atoms with Crippen LogP contribution in [0, 0.1) is 5.21 Å². The van der Waals surface area contributed by atoms with E-state index >= 15 is 0 Å². The Morgan fingerprint density at radius 1 is 1.10 bits per heavy atom. The highest BCUT2D eigenvalue weighted by Crippen LogP contribution is 2.20. The lowest BCUT2D eigenvalue weighted by molar-refractivity contribution is -0.580. The summed E-state index contributed by atoms with van der Waals surface area (Å²) in [5.41, 5.74) is 0.615. The number of hydrogen-bond acceptors (Lipinski definition) is 7. The monoisotopic (exact) mass is 404 g/mol. The molecular weight excluding hydrogens is 388 g/mol. The molecule has 30 heavy (non-hydrogen) atoms. The van der Waals surface area contributed by atoms with E-state index in [1.807, 2.05) is 0 Å². The molecule has 2 aromatic carbocycles. The molecule has 0 radical (unpaired) electrons. The predicted octanol–water partition coefficient (Wildman–Crippen LogP) is 3.06. The van der Waals surface area contributed by atoms with Crippen LogP contribution in [0.2, 0.25) is 0 Å². The SMILES string of the molecule is COc1ccc2nc(COC(=O)c3ccco3)c(C(=O)c3ccccc3)[n+]([O-])c2c1. The van der Waals surface area contributed by atoms with Gasteiger partial charge in [-0.15, -0.1) is 0 Å². The molecule has 8 heteroatoms. The average Bonchev–Trinajstić information content (AvgIpc) is 3.32. The summed E-state index contributed by atoms with van der Waals surface area (Å²) in [6, 6.07) is 16.1. The fourth-order valence-electron chi connectivity index (χ4n) is 2.97. The topological polar surface area (TPSA) is 106 Å². The van der Waals surface area contributed by atoms with Crippen LogP contribution in [0.4, 0.5) is 0 Å². The van der Waals surface area contributed by atoms with Crippen molar-refractivity contribution in [1.82, 2.24) is 4.98 Å². The number of fused-ring (bicyclic) bond motifs is 1. The maximum absolute atomic E-state index is 13.1. The Hall–Kier alpha value is -4.20. The first kappa shape index (κ1) is 19.1. The maximum atomic E-state index is 13.1. The molecule has 150 valence electrons. The fraction of sp³-hybridized carbons (Fsp3) is 0.0909. The smallest absolute Gasteiger partial charge is 0.374 e. The Morgan fingerprint density at radius 3 is 2.60 bits per heavy atom. The van der Waals surface area contributed by atoms with Crippen LogP contribution < -0.4 is 9.47 Å². The molecule has 8 nitrogen and oxygen atoms in total. The van der Waals surface area contributed by atoms with Crippen LogP contribution in [0.3, 0.4) is 0 Å². The van der Waals surface area contributed by atoms with Gasteiger partial charge in [-0.1, -0.05) is 30.3 Å². The van der Waals surface area contributed by atoms with Gasteiger partial charge in [0.1, 0.15) is 17.9 Å². The van der Waals surface area contributed by atoms with E-state index in [1.54, 1.807) is 48.5 Å². The van der Waals surface area contributed by atoms with Crippen molar-refractivity contribution in [3.8, 4) is 5.75 Å². The van der Waals surface area contributed by atoms with Crippen molar-refractivity contribution >= 4 is 22.8 Å². The van der Waals surface area contributed by atoms with E-state index < -0.39 is 11.8 Å². The van der Waals surface area contributed by atoms with Gasteiger partial charge in [0.2, 0.25) is 11.3 Å². The number of carbonyl (C=O) groups excluding carboxylic acids is 2. The molecule has 0 saturated heterocycles. The van der Waals surface area contributed by atoms with Crippen molar-refractivity contribution < 1.29 is 28.2 Å². The highest BCUT2D eigenvalue weighted by molar-refractivity contribution is 6.07. The second kappa shape index (κ2) is 8.04. The van der Waals surface area contributed by atoms with Crippen molar-refractivity contribution in [3.05, 3.63) is 94.8 Å². The molecule has 4 aromatic rings. The number of aromatic nitrogens is 2. The number of methoxy groups -OCH3 is 1. The van der Waals surface area contributed by atoms with Crippen molar-refractivity contribution in [3.63, 3.8) is 0 Å². The molecular formula is C22H16N2O6. The van der Waals surface area contributed by atoms with Gasteiger partial charge in [-0.3, -0.25) is 4.79 Å². The maximum Gasteiger partial charge on any atom is 0.374 e. The van der Waals surface area contributed by atoms with Crippen LogP contribution in [0.5, 0.6) is 5.75 Å². The van der Waals surface area contributed by atoms with Crippen molar-refractivity contribution in [2.75, 3.05) is 7.11 Å². The Bertz CT molecular complexity index is 1220. The summed E-state index contributed by atoms with van der Waals surface area (Å²) < 4.78 is 15.9. The Kier molecular flexibility index (Phi) is 5.13. The summed E-state index contributed by atoms with van der Waals surface area (Å²) in [5.74, 6) is -0.811.